The summed E-state index contributed by atoms with van der Waals surface area (Å²) in [6, 6.07) is 7.65. The molecule has 0 aliphatic rings. The van der Waals surface area contributed by atoms with Crippen LogP contribution >= 0.6 is 35.6 Å². The minimum absolute atomic E-state index is 0. The van der Waals surface area contributed by atoms with Crippen LogP contribution in [0.2, 0.25) is 5.02 Å². The average Bonchev–Trinajstić information content (AvgIpc) is 2.50. The van der Waals surface area contributed by atoms with Gasteiger partial charge in [-0.3, -0.25) is 4.79 Å². The number of hydrogen-bond donors (Lipinski definition) is 2. The van der Waals surface area contributed by atoms with Crippen LogP contribution < -0.4 is 10.6 Å². The van der Waals surface area contributed by atoms with Crippen LogP contribution in [0.1, 0.15) is 32.3 Å². The summed E-state index contributed by atoms with van der Waals surface area (Å²) in [5.41, 5.74) is 0.980. The van der Waals surface area contributed by atoms with Crippen LogP contribution in [-0.4, -0.2) is 31.6 Å². The Balaban J connectivity index is 0.00000484. The quantitative estimate of drug-likeness (QED) is 0.208. The molecular weight excluding hydrogens is 429 g/mol. The van der Waals surface area contributed by atoms with E-state index < -0.39 is 0 Å². The van der Waals surface area contributed by atoms with E-state index in [0.29, 0.717) is 43.5 Å². The first-order valence-electron chi connectivity index (χ1n) is 7.58. The van der Waals surface area contributed by atoms with E-state index in [4.69, 9.17) is 16.3 Å². The Morgan fingerprint density at radius 1 is 1.26 bits per heavy atom. The minimum atomic E-state index is -0.165. The molecule has 0 saturated carbocycles. The molecule has 0 saturated heterocycles. The Bertz CT molecular complexity index is 498. The maximum atomic E-state index is 11.3. The number of nitrogens with zero attached hydrogens (tertiary/aromatic N) is 1. The lowest BCUT2D eigenvalue weighted by Crippen LogP contribution is -2.37. The first kappa shape index (κ1) is 22.0. The number of guanidine groups is 1. The zero-order valence-electron chi connectivity index (χ0n) is 13.6. The molecule has 2 N–H and O–H groups in total. The molecule has 0 fully saturated rings. The van der Waals surface area contributed by atoms with E-state index in [1.807, 2.05) is 31.2 Å². The normalized spacial score (nSPS) is 10.7. The highest BCUT2D eigenvalue weighted by molar-refractivity contribution is 14.0. The summed E-state index contributed by atoms with van der Waals surface area (Å²) in [4.78, 5) is 15.7. The summed E-state index contributed by atoms with van der Waals surface area (Å²) in [7, 11) is 0. The van der Waals surface area contributed by atoms with Gasteiger partial charge in [-0.05, 0) is 31.9 Å². The Hall–Kier alpha value is -1.02. The van der Waals surface area contributed by atoms with Gasteiger partial charge in [0.05, 0.1) is 13.2 Å². The Morgan fingerprint density at radius 2 is 2.00 bits per heavy atom. The molecule has 0 spiro atoms. The smallest absolute Gasteiger partial charge is 0.305 e. The van der Waals surface area contributed by atoms with Crippen molar-refractivity contribution < 1.29 is 9.53 Å². The summed E-state index contributed by atoms with van der Waals surface area (Å²) in [6.07, 6.45) is 1.11. The zero-order valence-corrected chi connectivity index (χ0v) is 16.7. The molecular formula is C16H25ClIN3O2. The molecule has 0 bridgehead atoms. The predicted molar refractivity (Wildman–Crippen MR) is 106 cm³/mol. The summed E-state index contributed by atoms with van der Waals surface area (Å²) < 4.78 is 4.89. The van der Waals surface area contributed by atoms with Crippen LogP contribution in [0.15, 0.2) is 29.3 Å². The van der Waals surface area contributed by atoms with Gasteiger partial charge in [0.2, 0.25) is 0 Å². The van der Waals surface area contributed by atoms with Gasteiger partial charge in [-0.25, -0.2) is 4.99 Å². The zero-order chi connectivity index (χ0) is 16.2. The van der Waals surface area contributed by atoms with Crippen molar-refractivity contribution >= 4 is 47.5 Å². The molecule has 0 unspecified atom stereocenters. The minimum Gasteiger partial charge on any atom is -0.466 e. The Labute approximate surface area is 160 Å². The van der Waals surface area contributed by atoms with Crippen LogP contribution in [0.4, 0.5) is 0 Å². The van der Waals surface area contributed by atoms with Gasteiger partial charge in [0, 0.05) is 24.5 Å². The first-order chi connectivity index (χ1) is 10.7. The second kappa shape index (κ2) is 13.4. The Kier molecular flexibility index (Phi) is 12.8. The molecule has 0 aliphatic carbocycles. The van der Waals surface area contributed by atoms with Gasteiger partial charge in [0.15, 0.2) is 5.96 Å². The second-order valence-corrected chi connectivity index (χ2v) is 5.03. The van der Waals surface area contributed by atoms with Crippen molar-refractivity contribution in [2.45, 2.75) is 33.2 Å². The third-order valence-electron chi connectivity index (χ3n) is 2.87. The van der Waals surface area contributed by atoms with Gasteiger partial charge < -0.3 is 15.4 Å². The molecule has 0 aliphatic heterocycles. The highest BCUT2D eigenvalue weighted by Gasteiger charge is 2.03. The van der Waals surface area contributed by atoms with E-state index in [0.717, 1.165) is 12.1 Å². The fraction of sp³-hybridized carbons (Fsp3) is 0.500. The molecule has 1 aromatic carbocycles. The van der Waals surface area contributed by atoms with Gasteiger partial charge in [-0.2, -0.15) is 0 Å². The number of ether oxygens (including phenoxy) is 1. The van der Waals surface area contributed by atoms with E-state index in [2.05, 4.69) is 15.6 Å². The van der Waals surface area contributed by atoms with Gasteiger partial charge >= 0.3 is 5.97 Å². The third-order valence-corrected chi connectivity index (χ3v) is 3.23. The number of carbonyl (C=O) groups excluding carboxylic acids is 1. The maximum Gasteiger partial charge on any atom is 0.305 e. The van der Waals surface area contributed by atoms with Crippen LogP contribution in [-0.2, 0) is 16.1 Å². The van der Waals surface area contributed by atoms with Crippen LogP contribution in [0.5, 0.6) is 0 Å². The van der Waals surface area contributed by atoms with E-state index in [9.17, 15) is 4.79 Å². The summed E-state index contributed by atoms with van der Waals surface area (Å²) in [5, 5.41) is 7.07. The van der Waals surface area contributed by atoms with Crippen LogP contribution in [0, 0.1) is 0 Å². The molecule has 0 heterocycles. The largest absolute Gasteiger partial charge is 0.466 e. The molecule has 0 radical (unpaired) electrons. The van der Waals surface area contributed by atoms with Gasteiger partial charge in [-0.1, -0.05) is 29.8 Å². The molecule has 23 heavy (non-hydrogen) atoms. The predicted octanol–water partition coefficient (Wildman–Crippen LogP) is 3.36. The lowest BCUT2D eigenvalue weighted by molar-refractivity contribution is -0.143. The summed E-state index contributed by atoms with van der Waals surface area (Å²) in [5.74, 6) is 0.550. The van der Waals surface area contributed by atoms with Crippen molar-refractivity contribution in [1.29, 1.82) is 0 Å². The van der Waals surface area contributed by atoms with E-state index >= 15 is 0 Å². The van der Waals surface area contributed by atoms with Crippen molar-refractivity contribution in [3.05, 3.63) is 34.9 Å². The number of hydrogen-bond acceptors (Lipinski definition) is 3. The van der Waals surface area contributed by atoms with Crippen molar-refractivity contribution in [2.75, 3.05) is 19.7 Å². The monoisotopic (exact) mass is 453 g/mol. The third kappa shape index (κ3) is 9.65. The molecule has 1 rings (SSSR count). The lowest BCUT2D eigenvalue weighted by atomic mass is 10.2. The van der Waals surface area contributed by atoms with Crippen molar-refractivity contribution in [3.63, 3.8) is 0 Å². The number of halogens is 2. The van der Waals surface area contributed by atoms with E-state index in [1.54, 1.807) is 6.92 Å². The number of benzene rings is 1. The fourth-order valence-electron chi connectivity index (χ4n) is 1.81. The van der Waals surface area contributed by atoms with E-state index in [-0.39, 0.29) is 29.9 Å². The molecule has 7 heteroatoms. The standard InChI is InChI=1S/C16H24ClN3O2.HI/c1-3-18-16(19-11-7-10-15(21)22-4-2)20-12-13-8-5-6-9-14(13)17;/h5-6,8-9H,3-4,7,10-12H2,1-2H3,(H2,18,19,20);1H. The molecule has 0 amide bonds. The van der Waals surface area contributed by atoms with E-state index in [1.165, 1.54) is 0 Å². The fourth-order valence-corrected chi connectivity index (χ4v) is 2.00. The second-order valence-electron chi connectivity index (χ2n) is 4.62. The number of aliphatic imine (C=N–C) groups is 1. The highest BCUT2D eigenvalue weighted by atomic mass is 127. The Morgan fingerprint density at radius 3 is 2.65 bits per heavy atom. The number of carbonyl (C=O) groups is 1. The molecule has 1 aromatic rings. The topological polar surface area (TPSA) is 62.7 Å². The van der Waals surface area contributed by atoms with Crippen molar-refractivity contribution in [1.82, 2.24) is 10.6 Å². The van der Waals surface area contributed by atoms with Gasteiger partial charge in [0.1, 0.15) is 0 Å². The molecule has 0 aromatic heterocycles. The first-order valence-corrected chi connectivity index (χ1v) is 7.96. The van der Waals surface area contributed by atoms with Gasteiger partial charge in [-0.15, -0.1) is 24.0 Å². The van der Waals surface area contributed by atoms with Gasteiger partial charge in [0.25, 0.3) is 0 Å². The number of rotatable bonds is 8. The SMILES string of the molecule is CCNC(=NCc1ccccc1Cl)NCCCC(=O)OCC.I. The van der Waals surface area contributed by atoms with Crippen molar-refractivity contribution in [3.8, 4) is 0 Å². The highest BCUT2D eigenvalue weighted by Crippen LogP contribution is 2.15. The maximum absolute atomic E-state index is 11.3. The summed E-state index contributed by atoms with van der Waals surface area (Å²) >= 11 is 6.11. The lowest BCUT2D eigenvalue weighted by Gasteiger charge is -2.11. The molecule has 0 atom stereocenters. The van der Waals surface area contributed by atoms with Crippen LogP contribution in [0.25, 0.3) is 0 Å². The molecule has 5 nitrogen and oxygen atoms in total. The number of esters is 1. The van der Waals surface area contributed by atoms with Crippen molar-refractivity contribution in [2.24, 2.45) is 4.99 Å². The van der Waals surface area contributed by atoms with Crippen LogP contribution in [0.3, 0.4) is 0 Å². The number of nitrogens with one attached hydrogen (secondary N) is 2. The molecule has 130 valence electrons. The average molecular weight is 454 g/mol. The summed E-state index contributed by atoms with van der Waals surface area (Å²) in [6.45, 7) is 6.17.